The highest BCUT2D eigenvalue weighted by atomic mass is 127. The highest BCUT2D eigenvalue weighted by Crippen LogP contribution is 2.15. The van der Waals surface area contributed by atoms with Crippen LogP contribution in [-0.4, -0.2) is 66.2 Å². The van der Waals surface area contributed by atoms with Crippen LogP contribution in [0, 0.1) is 6.92 Å². The molecule has 2 amide bonds. The van der Waals surface area contributed by atoms with Gasteiger partial charge in [0.2, 0.25) is 5.91 Å². The zero-order valence-electron chi connectivity index (χ0n) is 17.6. The number of aryl methyl sites for hydroxylation is 1. The Balaban J connectivity index is 0.00000420. The van der Waals surface area contributed by atoms with Crippen LogP contribution in [0.3, 0.4) is 0 Å². The first kappa shape index (κ1) is 24.9. The van der Waals surface area contributed by atoms with Crippen LogP contribution in [0.5, 0.6) is 0 Å². The summed E-state index contributed by atoms with van der Waals surface area (Å²) in [7, 11) is 1.66. The first-order valence-electron chi connectivity index (χ1n) is 9.35. The number of aliphatic imine (C=N–C) groups is 1. The summed E-state index contributed by atoms with van der Waals surface area (Å²) in [6, 6.07) is 5.58. The van der Waals surface area contributed by atoms with E-state index in [1.54, 1.807) is 18.0 Å². The van der Waals surface area contributed by atoms with E-state index in [0.717, 1.165) is 5.69 Å². The third-order valence-corrected chi connectivity index (χ3v) is 3.90. The molecule has 0 aliphatic carbocycles. The molecule has 1 fully saturated rings. The lowest BCUT2D eigenvalue weighted by Gasteiger charge is -2.40. The van der Waals surface area contributed by atoms with E-state index in [4.69, 9.17) is 4.74 Å². The molecule has 2 rings (SSSR count). The molecule has 3 N–H and O–H groups in total. The third kappa shape index (κ3) is 8.84. The number of ether oxygens (including phenoxy) is 1. The van der Waals surface area contributed by atoms with Gasteiger partial charge < -0.3 is 25.6 Å². The highest BCUT2D eigenvalue weighted by Gasteiger charge is 2.34. The second kappa shape index (κ2) is 11.2. The molecule has 9 nitrogen and oxygen atoms in total. The largest absolute Gasteiger partial charge is 0.444 e. The lowest BCUT2D eigenvalue weighted by molar-refractivity contribution is -0.116. The van der Waals surface area contributed by atoms with Crippen molar-refractivity contribution in [2.75, 3.05) is 32.0 Å². The van der Waals surface area contributed by atoms with E-state index in [1.165, 1.54) is 0 Å². The standard InChI is InChI=1S/C19H30N6O3.HI/c1-13-7-6-8-15(22-13)24-16(26)9-10-21-17(20-5)23-14-11-25(12-14)18(27)28-19(2,3)4;/h6-8,14H,9-12H2,1-5H3,(H2,20,21,23)(H,22,24,26);1H. The van der Waals surface area contributed by atoms with Crippen molar-refractivity contribution in [3.8, 4) is 0 Å². The fourth-order valence-corrected chi connectivity index (χ4v) is 2.55. The fraction of sp³-hybridized carbons (Fsp3) is 0.579. The first-order chi connectivity index (χ1) is 13.2. The number of nitrogens with one attached hydrogen (secondary N) is 3. The molecule has 1 aliphatic rings. The monoisotopic (exact) mass is 518 g/mol. The Morgan fingerprint density at radius 2 is 2.00 bits per heavy atom. The van der Waals surface area contributed by atoms with Gasteiger partial charge >= 0.3 is 6.09 Å². The topological polar surface area (TPSA) is 108 Å². The number of hydrogen-bond donors (Lipinski definition) is 3. The van der Waals surface area contributed by atoms with Crippen LogP contribution in [-0.2, 0) is 9.53 Å². The Kier molecular flexibility index (Phi) is 9.60. The second-order valence-electron chi connectivity index (χ2n) is 7.69. The molecule has 0 saturated carbocycles. The number of hydrogen-bond acceptors (Lipinski definition) is 5. The summed E-state index contributed by atoms with van der Waals surface area (Å²) in [6.07, 6.45) is -0.0275. The summed E-state index contributed by atoms with van der Waals surface area (Å²) >= 11 is 0. The van der Waals surface area contributed by atoms with Gasteiger partial charge in [-0.2, -0.15) is 0 Å². The zero-order valence-corrected chi connectivity index (χ0v) is 19.9. The lowest BCUT2D eigenvalue weighted by atomic mass is 10.1. The number of halogens is 1. The summed E-state index contributed by atoms with van der Waals surface area (Å²) in [5, 5.41) is 9.09. The van der Waals surface area contributed by atoms with Gasteiger partial charge in [-0.15, -0.1) is 24.0 Å². The molecule has 162 valence electrons. The van der Waals surface area contributed by atoms with E-state index in [2.05, 4.69) is 25.9 Å². The van der Waals surface area contributed by atoms with Gasteiger partial charge in [0, 0.05) is 38.8 Å². The number of anilines is 1. The van der Waals surface area contributed by atoms with E-state index in [0.29, 0.717) is 31.4 Å². The van der Waals surface area contributed by atoms with Crippen molar-refractivity contribution < 1.29 is 14.3 Å². The molecule has 1 aromatic heterocycles. The molecule has 0 bridgehead atoms. The minimum atomic E-state index is -0.498. The van der Waals surface area contributed by atoms with Crippen LogP contribution in [0.4, 0.5) is 10.6 Å². The van der Waals surface area contributed by atoms with Gasteiger partial charge in [-0.05, 0) is 39.8 Å². The van der Waals surface area contributed by atoms with Gasteiger partial charge in [-0.1, -0.05) is 6.07 Å². The zero-order chi connectivity index (χ0) is 20.7. The Hall–Kier alpha value is -2.11. The molecule has 0 spiro atoms. The van der Waals surface area contributed by atoms with Crippen molar-refractivity contribution >= 4 is 47.8 Å². The molecule has 0 aromatic carbocycles. The molecule has 1 saturated heterocycles. The molecular formula is C19H31IN6O3. The average Bonchev–Trinajstić information content (AvgIpc) is 2.54. The Morgan fingerprint density at radius 3 is 2.59 bits per heavy atom. The summed E-state index contributed by atoms with van der Waals surface area (Å²) in [6.45, 7) is 8.94. The number of guanidine groups is 1. The Morgan fingerprint density at radius 1 is 1.31 bits per heavy atom. The number of aromatic nitrogens is 1. The number of carbonyl (C=O) groups excluding carboxylic acids is 2. The van der Waals surface area contributed by atoms with E-state index in [9.17, 15) is 9.59 Å². The molecular weight excluding hydrogens is 487 g/mol. The van der Waals surface area contributed by atoms with Crippen molar-refractivity contribution in [1.29, 1.82) is 0 Å². The lowest BCUT2D eigenvalue weighted by Crippen LogP contribution is -2.63. The van der Waals surface area contributed by atoms with Crippen LogP contribution in [0.2, 0.25) is 0 Å². The van der Waals surface area contributed by atoms with Crippen molar-refractivity contribution in [2.45, 2.75) is 45.8 Å². The minimum absolute atomic E-state index is 0. The van der Waals surface area contributed by atoms with Gasteiger partial charge in [-0.3, -0.25) is 9.79 Å². The highest BCUT2D eigenvalue weighted by molar-refractivity contribution is 14.0. The predicted octanol–water partition coefficient (Wildman–Crippen LogP) is 2.12. The van der Waals surface area contributed by atoms with Crippen LogP contribution < -0.4 is 16.0 Å². The SMILES string of the molecule is CN=C(NCCC(=O)Nc1cccc(C)n1)NC1CN(C(=O)OC(C)(C)C)C1.I. The van der Waals surface area contributed by atoms with Gasteiger partial charge in [0.25, 0.3) is 0 Å². The maximum atomic E-state index is 12.0. The third-order valence-electron chi connectivity index (χ3n) is 3.90. The van der Waals surface area contributed by atoms with Gasteiger partial charge in [-0.25, -0.2) is 9.78 Å². The molecule has 10 heteroatoms. The number of nitrogens with zero attached hydrogens (tertiary/aromatic N) is 3. The summed E-state index contributed by atoms with van der Waals surface area (Å²) < 4.78 is 5.33. The van der Waals surface area contributed by atoms with Gasteiger partial charge in [0.15, 0.2) is 5.96 Å². The first-order valence-corrected chi connectivity index (χ1v) is 9.35. The smallest absolute Gasteiger partial charge is 0.410 e. The van der Waals surface area contributed by atoms with Crippen molar-refractivity contribution in [2.24, 2.45) is 4.99 Å². The Bertz CT molecular complexity index is 729. The molecule has 0 atom stereocenters. The quantitative estimate of drug-likeness (QED) is 0.313. The molecule has 0 radical (unpaired) electrons. The number of carbonyl (C=O) groups is 2. The van der Waals surface area contributed by atoms with E-state index in [1.807, 2.05) is 39.8 Å². The number of rotatable bonds is 5. The van der Waals surface area contributed by atoms with E-state index >= 15 is 0 Å². The summed E-state index contributed by atoms with van der Waals surface area (Å²) in [4.78, 5) is 34.0. The van der Waals surface area contributed by atoms with E-state index in [-0.39, 0.29) is 48.4 Å². The van der Waals surface area contributed by atoms with Crippen LogP contribution in [0.25, 0.3) is 0 Å². The number of likely N-dealkylation sites (tertiary alicyclic amines) is 1. The van der Waals surface area contributed by atoms with Crippen molar-refractivity contribution in [3.05, 3.63) is 23.9 Å². The maximum absolute atomic E-state index is 12.0. The fourth-order valence-electron chi connectivity index (χ4n) is 2.55. The predicted molar refractivity (Wildman–Crippen MR) is 124 cm³/mol. The summed E-state index contributed by atoms with van der Waals surface area (Å²) in [5.74, 6) is 1.01. The van der Waals surface area contributed by atoms with E-state index < -0.39 is 5.60 Å². The molecule has 0 unspecified atom stereocenters. The van der Waals surface area contributed by atoms with Gasteiger partial charge in [0.1, 0.15) is 11.4 Å². The summed E-state index contributed by atoms with van der Waals surface area (Å²) in [5.41, 5.74) is 0.350. The maximum Gasteiger partial charge on any atom is 0.410 e. The van der Waals surface area contributed by atoms with Crippen LogP contribution in [0.15, 0.2) is 23.2 Å². The minimum Gasteiger partial charge on any atom is -0.444 e. The molecule has 1 aromatic rings. The molecule has 1 aliphatic heterocycles. The number of amides is 2. The number of pyridine rings is 1. The van der Waals surface area contributed by atoms with Crippen LogP contribution in [0.1, 0.15) is 32.9 Å². The average molecular weight is 518 g/mol. The normalized spacial score (nSPS) is 14.4. The van der Waals surface area contributed by atoms with Gasteiger partial charge in [0.05, 0.1) is 6.04 Å². The Labute approximate surface area is 189 Å². The van der Waals surface area contributed by atoms with Crippen molar-refractivity contribution in [1.82, 2.24) is 20.5 Å². The second-order valence-corrected chi connectivity index (χ2v) is 7.69. The molecule has 29 heavy (non-hydrogen) atoms. The van der Waals surface area contributed by atoms with Crippen molar-refractivity contribution in [3.63, 3.8) is 0 Å². The van der Waals surface area contributed by atoms with Crippen LogP contribution >= 0.6 is 24.0 Å². The molecule has 2 heterocycles.